The second kappa shape index (κ2) is 10.7. The highest BCUT2D eigenvalue weighted by atomic mass is 32.2. The molecule has 2 aromatic rings. The molecule has 0 radical (unpaired) electrons. The molecule has 0 heterocycles. The molecule has 2 rings (SSSR count). The largest absolute Gasteiger partial charge is 0.493 e. The summed E-state index contributed by atoms with van der Waals surface area (Å²) in [6, 6.07) is 15.2. The van der Waals surface area contributed by atoms with E-state index < -0.39 is 21.5 Å². The van der Waals surface area contributed by atoms with E-state index in [-0.39, 0.29) is 5.75 Å². The van der Waals surface area contributed by atoms with Crippen LogP contribution in [0.5, 0.6) is 11.5 Å². The zero-order valence-corrected chi connectivity index (χ0v) is 17.1. The van der Waals surface area contributed by atoms with Crippen LogP contribution in [-0.2, 0) is 27.5 Å². The van der Waals surface area contributed by atoms with Crippen LogP contribution in [0, 0.1) is 0 Å². The number of aryl methyl sites for hydroxylation is 1. The maximum atomic E-state index is 12.1. The zero-order valence-electron chi connectivity index (χ0n) is 16.3. The van der Waals surface area contributed by atoms with E-state index in [0.29, 0.717) is 37.3 Å². The van der Waals surface area contributed by atoms with E-state index in [1.54, 1.807) is 20.3 Å². The fourth-order valence-corrected chi connectivity index (χ4v) is 4.08. The normalized spacial score (nSPS) is 11.1. The number of amides is 1. The van der Waals surface area contributed by atoms with Crippen molar-refractivity contribution < 1.29 is 22.7 Å². The van der Waals surface area contributed by atoms with Crippen LogP contribution in [0.4, 0.5) is 0 Å². The third kappa shape index (κ3) is 7.23. The molecule has 0 aliphatic heterocycles. The van der Waals surface area contributed by atoms with Crippen LogP contribution >= 0.6 is 0 Å². The molecule has 152 valence electrons. The van der Waals surface area contributed by atoms with Crippen molar-refractivity contribution in [2.24, 2.45) is 0 Å². The molecule has 0 saturated carbocycles. The molecule has 0 aromatic heterocycles. The molecular weight excluding hydrogens is 378 g/mol. The first-order valence-electron chi connectivity index (χ1n) is 9.15. The summed E-state index contributed by atoms with van der Waals surface area (Å²) < 4.78 is 34.7. The lowest BCUT2D eigenvalue weighted by Gasteiger charge is -2.10. The minimum Gasteiger partial charge on any atom is -0.493 e. The van der Waals surface area contributed by atoms with E-state index >= 15 is 0 Å². The van der Waals surface area contributed by atoms with E-state index in [0.717, 1.165) is 11.1 Å². The summed E-state index contributed by atoms with van der Waals surface area (Å²) in [5.41, 5.74) is 2.06. The van der Waals surface area contributed by atoms with Gasteiger partial charge < -0.3 is 14.8 Å². The SMILES string of the molecule is COc1ccc(CCNC(=O)CS(=O)(=O)CCCc2ccccc2)cc1OC. The number of hydrogen-bond donors (Lipinski definition) is 1. The number of carbonyl (C=O) groups is 1. The van der Waals surface area contributed by atoms with Crippen molar-refractivity contribution in [3.8, 4) is 11.5 Å². The molecule has 0 aliphatic rings. The first kappa shape index (κ1) is 21.8. The Morgan fingerprint density at radius 3 is 2.32 bits per heavy atom. The molecule has 0 fully saturated rings. The average molecular weight is 406 g/mol. The number of hydrogen-bond acceptors (Lipinski definition) is 5. The second-order valence-electron chi connectivity index (χ2n) is 6.47. The third-order valence-electron chi connectivity index (χ3n) is 4.30. The van der Waals surface area contributed by atoms with Gasteiger partial charge in [0.15, 0.2) is 21.3 Å². The molecule has 0 saturated heterocycles. The number of nitrogens with one attached hydrogen (secondary N) is 1. The summed E-state index contributed by atoms with van der Waals surface area (Å²) in [7, 11) is -0.285. The number of sulfone groups is 1. The summed E-state index contributed by atoms with van der Waals surface area (Å²) in [4.78, 5) is 12.0. The Morgan fingerprint density at radius 2 is 1.64 bits per heavy atom. The third-order valence-corrected chi connectivity index (χ3v) is 5.91. The van der Waals surface area contributed by atoms with Crippen molar-refractivity contribution in [1.82, 2.24) is 5.32 Å². The molecule has 28 heavy (non-hydrogen) atoms. The van der Waals surface area contributed by atoms with Gasteiger partial charge in [-0.25, -0.2) is 8.42 Å². The van der Waals surface area contributed by atoms with Crippen molar-refractivity contribution in [1.29, 1.82) is 0 Å². The van der Waals surface area contributed by atoms with E-state index in [4.69, 9.17) is 9.47 Å². The number of rotatable bonds is 11. The highest BCUT2D eigenvalue weighted by Gasteiger charge is 2.16. The van der Waals surface area contributed by atoms with Crippen molar-refractivity contribution >= 4 is 15.7 Å². The molecular formula is C21H27NO5S. The molecule has 7 heteroatoms. The van der Waals surface area contributed by atoms with Gasteiger partial charge in [-0.3, -0.25) is 4.79 Å². The summed E-state index contributed by atoms with van der Waals surface area (Å²) >= 11 is 0. The van der Waals surface area contributed by atoms with Gasteiger partial charge in [-0.1, -0.05) is 36.4 Å². The second-order valence-corrected chi connectivity index (χ2v) is 8.65. The van der Waals surface area contributed by atoms with Crippen LogP contribution in [-0.4, -0.2) is 46.6 Å². The van der Waals surface area contributed by atoms with E-state index in [9.17, 15) is 13.2 Å². The van der Waals surface area contributed by atoms with E-state index in [1.807, 2.05) is 42.5 Å². The molecule has 1 N–H and O–H groups in total. The van der Waals surface area contributed by atoms with Gasteiger partial charge in [0.05, 0.1) is 20.0 Å². The fraction of sp³-hybridized carbons (Fsp3) is 0.381. The molecule has 0 unspecified atom stereocenters. The number of methoxy groups -OCH3 is 2. The van der Waals surface area contributed by atoms with Gasteiger partial charge in [0, 0.05) is 6.54 Å². The first-order chi connectivity index (χ1) is 13.4. The van der Waals surface area contributed by atoms with Crippen LogP contribution in [0.2, 0.25) is 0 Å². The Bertz CT molecular complexity index is 866. The molecule has 0 spiro atoms. The van der Waals surface area contributed by atoms with E-state index in [2.05, 4.69) is 5.32 Å². The van der Waals surface area contributed by atoms with Crippen LogP contribution in [0.1, 0.15) is 17.5 Å². The average Bonchev–Trinajstić information content (AvgIpc) is 2.68. The zero-order chi connectivity index (χ0) is 20.4. The maximum absolute atomic E-state index is 12.1. The van der Waals surface area contributed by atoms with Gasteiger partial charge in [-0.15, -0.1) is 0 Å². The van der Waals surface area contributed by atoms with E-state index in [1.165, 1.54) is 0 Å². The lowest BCUT2D eigenvalue weighted by Crippen LogP contribution is -2.32. The van der Waals surface area contributed by atoms with Crippen LogP contribution in [0.3, 0.4) is 0 Å². The molecule has 1 amide bonds. The smallest absolute Gasteiger partial charge is 0.235 e. The summed E-state index contributed by atoms with van der Waals surface area (Å²) in [6.07, 6.45) is 1.76. The van der Waals surface area contributed by atoms with Crippen LogP contribution in [0.15, 0.2) is 48.5 Å². The Kier molecular flexibility index (Phi) is 8.32. The monoisotopic (exact) mass is 405 g/mol. The topological polar surface area (TPSA) is 81.7 Å². The maximum Gasteiger partial charge on any atom is 0.235 e. The number of benzene rings is 2. The summed E-state index contributed by atoms with van der Waals surface area (Å²) in [5.74, 6) is 0.308. The predicted molar refractivity (Wildman–Crippen MR) is 110 cm³/mol. The van der Waals surface area contributed by atoms with Gasteiger partial charge in [-0.2, -0.15) is 0 Å². The number of carbonyl (C=O) groups excluding carboxylic acids is 1. The van der Waals surface area contributed by atoms with Crippen molar-refractivity contribution in [3.63, 3.8) is 0 Å². The molecule has 0 bridgehead atoms. The van der Waals surface area contributed by atoms with Crippen LogP contribution < -0.4 is 14.8 Å². The van der Waals surface area contributed by atoms with Gasteiger partial charge >= 0.3 is 0 Å². The highest BCUT2D eigenvalue weighted by molar-refractivity contribution is 7.92. The first-order valence-corrected chi connectivity index (χ1v) is 11.0. The van der Waals surface area contributed by atoms with Crippen molar-refractivity contribution in [2.45, 2.75) is 19.3 Å². The van der Waals surface area contributed by atoms with Gasteiger partial charge in [0.2, 0.25) is 5.91 Å². The van der Waals surface area contributed by atoms with Crippen molar-refractivity contribution in [2.75, 3.05) is 32.3 Å². The fourth-order valence-electron chi connectivity index (χ4n) is 2.85. The minimum atomic E-state index is -3.41. The molecule has 6 nitrogen and oxygen atoms in total. The Labute approximate surface area is 166 Å². The quantitative estimate of drug-likeness (QED) is 0.621. The van der Waals surface area contributed by atoms with Gasteiger partial charge in [-0.05, 0) is 42.5 Å². The highest BCUT2D eigenvalue weighted by Crippen LogP contribution is 2.27. The minimum absolute atomic E-state index is 0.00495. The molecule has 0 atom stereocenters. The Balaban J connectivity index is 1.73. The summed E-state index contributed by atoms with van der Waals surface area (Å²) in [5, 5.41) is 2.67. The van der Waals surface area contributed by atoms with Gasteiger partial charge in [0.1, 0.15) is 5.75 Å². The summed E-state index contributed by atoms with van der Waals surface area (Å²) in [6.45, 7) is 0.355. The lowest BCUT2D eigenvalue weighted by atomic mass is 10.1. The number of ether oxygens (including phenoxy) is 2. The van der Waals surface area contributed by atoms with Crippen molar-refractivity contribution in [3.05, 3.63) is 59.7 Å². The standard InChI is InChI=1S/C21H27NO5S/c1-26-19-11-10-18(15-20(19)27-2)12-13-22-21(23)16-28(24,25)14-6-9-17-7-4-3-5-8-17/h3-5,7-8,10-11,15H,6,9,12-14,16H2,1-2H3,(H,22,23). The Morgan fingerprint density at radius 1 is 0.929 bits per heavy atom. The predicted octanol–water partition coefficient (Wildman–Crippen LogP) is 2.41. The molecule has 0 aliphatic carbocycles. The molecule has 2 aromatic carbocycles. The Hall–Kier alpha value is -2.54. The van der Waals surface area contributed by atoms with Crippen LogP contribution in [0.25, 0.3) is 0 Å². The lowest BCUT2D eigenvalue weighted by molar-refractivity contribution is -0.118. The van der Waals surface area contributed by atoms with Gasteiger partial charge in [0.25, 0.3) is 0 Å².